The van der Waals surface area contributed by atoms with Crippen LogP contribution in [0.2, 0.25) is 0 Å². The molecular weight excluding hydrogens is 288 g/mol. The van der Waals surface area contributed by atoms with Gasteiger partial charge in [-0.25, -0.2) is 4.99 Å². The van der Waals surface area contributed by atoms with Gasteiger partial charge in [0, 0.05) is 17.3 Å². The van der Waals surface area contributed by atoms with Crippen molar-refractivity contribution in [2.75, 3.05) is 12.4 Å². The van der Waals surface area contributed by atoms with Crippen molar-refractivity contribution < 1.29 is 4.74 Å². The van der Waals surface area contributed by atoms with Crippen molar-refractivity contribution in [1.82, 2.24) is 4.98 Å². The number of aliphatic imine (C=N–C) groups is 1. The third kappa shape index (κ3) is 3.58. The summed E-state index contributed by atoms with van der Waals surface area (Å²) >= 11 is 0. The number of nitrogens with one attached hydrogen (secondary N) is 1. The number of rotatable bonds is 4. The minimum atomic E-state index is 0.371. The van der Waals surface area contributed by atoms with Crippen molar-refractivity contribution in [1.29, 1.82) is 0 Å². The number of benzene rings is 2. The van der Waals surface area contributed by atoms with Crippen LogP contribution in [0, 0.1) is 0 Å². The Labute approximate surface area is 134 Å². The van der Waals surface area contributed by atoms with Crippen LogP contribution in [0.1, 0.15) is 5.56 Å². The molecule has 0 saturated heterocycles. The molecule has 1 heterocycles. The highest BCUT2D eigenvalue weighted by molar-refractivity contribution is 5.92. The average Bonchev–Trinajstić information content (AvgIpc) is 2.60. The van der Waals surface area contributed by atoms with E-state index in [-0.39, 0.29) is 0 Å². The summed E-state index contributed by atoms with van der Waals surface area (Å²) in [5.74, 6) is 1.17. The van der Waals surface area contributed by atoms with Crippen LogP contribution in [0.15, 0.2) is 65.8 Å². The lowest BCUT2D eigenvalue weighted by atomic mass is 10.1. The Kier molecular flexibility index (Phi) is 4.38. The number of anilines is 1. The summed E-state index contributed by atoms with van der Waals surface area (Å²) in [4.78, 5) is 8.75. The SMILES string of the molecule is COc1ccc(NC(N)=NCc2ccnc3ccccc23)cc1. The number of nitrogens with two attached hydrogens (primary N) is 1. The zero-order chi connectivity index (χ0) is 16.1. The van der Waals surface area contributed by atoms with Gasteiger partial charge in [-0.15, -0.1) is 0 Å². The lowest BCUT2D eigenvalue weighted by Crippen LogP contribution is -2.22. The number of hydrogen-bond acceptors (Lipinski definition) is 3. The third-order valence-corrected chi connectivity index (χ3v) is 3.52. The summed E-state index contributed by atoms with van der Waals surface area (Å²) in [6, 6.07) is 17.5. The molecular formula is C18H18N4O. The highest BCUT2D eigenvalue weighted by atomic mass is 16.5. The normalized spacial score (nSPS) is 11.4. The smallest absolute Gasteiger partial charge is 0.193 e. The maximum absolute atomic E-state index is 5.96. The Morgan fingerprint density at radius 1 is 1.13 bits per heavy atom. The van der Waals surface area contributed by atoms with Gasteiger partial charge in [0.15, 0.2) is 5.96 Å². The molecule has 23 heavy (non-hydrogen) atoms. The standard InChI is InChI=1S/C18H18N4O/c1-23-15-8-6-14(7-9-15)22-18(19)21-12-13-10-11-20-17-5-3-2-4-16(13)17/h2-11H,12H2,1H3,(H3,19,21,22). The lowest BCUT2D eigenvalue weighted by Gasteiger charge is -2.07. The molecule has 5 heteroatoms. The van der Waals surface area contributed by atoms with E-state index < -0.39 is 0 Å². The lowest BCUT2D eigenvalue weighted by molar-refractivity contribution is 0.415. The maximum Gasteiger partial charge on any atom is 0.193 e. The summed E-state index contributed by atoms with van der Waals surface area (Å²) in [7, 11) is 1.64. The van der Waals surface area contributed by atoms with Crippen molar-refractivity contribution in [2.45, 2.75) is 6.54 Å². The summed E-state index contributed by atoms with van der Waals surface area (Å²) in [6.07, 6.45) is 1.79. The van der Waals surface area contributed by atoms with Gasteiger partial charge in [-0.1, -0.05) is 18.2 Å². The van der Waals surface area contributed by atoms with Crippen molar-refractivity contribution >= 4 is 22.5 Å². The summed E-state index contributed by atoms with van der Waals surface area (Å²) in [6.45, 7) is 0.498. The maximum atomic E-state index is 5.96. The van der Waals surface area contributed by atoms with Crippen molar-refractivity contribution in [3.8, 4) is 5.75 Å². The summed E-state index contributed by atoms with van der Waals surface area (Å²) in [5.41, 5.74) is 8.88. The molecule has 2 aromatic carbocycles. The quantitative estimate of drug-likeness (QED) is 0.573. The molecule has 0 unspecified atom stereocenters. The summed E-state index contributed by atoms with van der Waals surface area (Å²) in [5, 5.41) is 4.16. The predicted octanol–water partition coefficient (Wildman–Crippen LogP) is 3.17. The third-order valence-electron chi connectivity index (χ3n) is 3.52. The van der Waals surface area contributed by atoms with Crippen LogP contribution in [0.25, 0.3) is 10.9 Å². The Morgan fingerprint density at radius 2 is 1.91 bits per heavy atom. The van der Waals surface area contributed by atoms with E-state index in [2.05, 4.69) is 15.3 Å². The van der Waals surface area contributed by atoms with Crippen LogP contribution in [0.5, 0.6) is 5.75 Å². The van der Waals surface area contributed by atoms with Crippen LogP contribution in [0.4, 0.5) is 5.69 Å². The largest absolute Gasteiger partial charge is 0.497 e. The van der Waals surface area contributed by atoms with E-state index in [1.807, 2.05) is 54.6 Å². The number of ether oxygens (including phenoxy) is 1. The van der Waals surface area contributed by atoms with Crippen molar-refractivity contribution in [2.24, 2.45) is 10.7 Å². The molecule has 0 saturated carbocycles. The molecule has 0 bridgehead atoms. The van der Waals surface area contributed by atoms with E-state index >= 15 is 0 Å². The van der Waals surface area contributed by atoms with E-state index in [1.165, 1.54) is 0 Å². The Hall–Kier alpha value is -3.08. The summed E-state index contributed by atoms with van der Waals surface area (Å²) < 4.78 is 5.13. The van der Waals surface area contributed by atoms with Gasteiger partial charge in [-0.2, -0.15) is 0 Å². The molecule has 0 amide bonds. The Balaban J connectivity index is 1.73. The van der Waals surface area contributed by atoms with Gasteiger partial charge < -0.3 is 15.8 Å². The van der Waals surface area contributed by atoms with Gasteiger partial charge in [0.1, 0.15) is 5.75 Å². The highest BCUT2D eigenvalue weighted by Gasteiger charge is 2.01. The molecule has 3 N–H and O–H groups in total. The fraction of sp³-hybridized carbons (Fsp3) is 0.111. The Bertz CT molecular complexity index is 823. The number of methoxy groups -OCH3 is 1. The number of fused-ring (bicyclic) bond motifs is 1. The van der Waals surface area contributed by atoms with Crippen molar-refractivity contribution in [3.63, 3.8) is 0 Å². The zero-order valence-electron chi connectivity index (χ0n) is 12.9. The minimum absolute atomic E-state index is 0.371. The molecule has 5 nitrogen and oxygen atoms in total. The van der Waals surface area contributed by atoms with E-state index in [4.69, 9.17) is 10.5 Å². The number of para-hydroxylation sites is 1. The molecule has 3 rings (SSSR count). The number of nitrogens with zero attached hydrogens (tertiary/aromatic N) is 2. The number of guanidine groups is 1. The molecule has 0 spiro atoms. The predicted molar refractivity (Wildman–Crippen MR) is 93.7 cm³/mol. The van der Waals surface area contributed by atoms with Crippen LogP contribution in [0.3, 0.4) is 0 Å². The van der Waals surface area contributed by atoms with E-state index in [0.29, 0.717) is 12.5 Å². The average molecular weight is 306 g/mol. The van der Waals surface area contributed by atoms with E-state index in [1.54, 1.807) is 13.3 Å². The molecule has 0 aliphatic carbocycles. The van der Waals surface area contributed by atoms with Gasteiger partial charge in [-0.3, -0.25) is 4.98 Å². The van der Waals surface area contributed by atoms with Crippen LogP contribution >= 0.6 is 0 Å². The first-order valence-electron chi connectivity index (χ1n) is 7.30. The fourth-order valence-electron chi connectivity index (χ4n) is 2.33. The van der Waals surface area contributed by atoms with Crippen LogP contribution in [-0.4, -0.2) is 18.1 Å². The second-order valence-electron chi connectivity index (χ2n) is 5.04. The Morgan fingerprint density at radius 3 is 2.70 bits per heavy atom. The van der Waals surface area contributed by atoms with Crippen LogP contribution < -0.4 is 15.8 Å². The first-order valence-corrected chi connectivity index (χ1v) is 7.30. The second-order valence-corrected chi connectivity index (χ2v) is 5.04. The number of hydrogen-bond donors (Lipinski definition) is 2. The molecule has 3 aromatic rings. The molecule has 0 fully saturated rings. The number of pyridine rings is 1. The van der Waals surface area contributed by atoms with Gasteiger partial charge in [0.2, 0.25) is 0 Å². The van der Waals surface area contributed by atoms with Crippen molar-refractivity contribution in [3.05, 3.63) is 66.4 Å². The first kappa shape index (κ1) is 14.8. The topological polar surface area (TPSA) is 72.5 Å². The zero-order valence-corrected chi connectivity index (χ0v) is 12.9. The van der Waals surface area contributed by atoms with E-state index in [0.717, 1.165) is 27.9 Å². The second kappa shape index (κ2) is 6.79. The molecule has 0 aliphatic heterocycles. The number of aromatic nitrogens is 1. The van der Waals surface area contributed by atoms with E-state index in [9.17, 15) is 0 Å². The molecule has 116 valence electrons. The monoisotopic (exact) mass is 306 g/mol. The fourth-order valence-corrected chi connectivity index (χ4v) is 2.33. The molecule has 0 aliphatic rings. The van der Waals surface area contributed by atoms with Crippen LogP contribution in [-0.2, 0) is 6.54 Å². The van der Waals surface area contributed by atoms with Gasteiger partial charge in [0.05, 0.1) is 19.2 Å². The minimum Gasteiger partial charge on any atom is -0.497 e. The molecule has 0 atom stereocenters. The van der Waals surface area contributed by atoms with Gasteiger partial charge in [0.25, 0.3) is 0 Å². The highest BCUT2D eigenvalue weighted by Crippen LogP contribution is 2.17. The molecule has 0 radical (unpaired) electrons. The first-order chi connectivity index (χ1) is 11.3. The van der Waals surface area contributed by atoms with Gasteiger partial charge in [-0.05, 0) is 42.0 Å². The van der Waals surface area contributed by atoms with Gasteiger partial charge >= 0.3 is 0 Å². The molecule has 1 aromatic heterocycles.